The van der Waals surface area contributed by atoms with Crippen LogP contribution in [-0.2, 0) is 21.2 Å². The van der Waals surface area contributed by atoms with Crippen molar-refractivity contribution in [3.05, 3.63) is 64.9 Å². The lowest BCUT2D eigenvalue weighted by molar-refractivity contribution is -0.132. The van der Waals surface area contributed by atoms with Gasteiger partial charge in [0.25, 0.3) is 0 Å². The van der Waals surface area contributed by atoms with Crippen molar-refractivity contribution >= 4 is 27.5 Å². The van der Waals surface area contributed by atoms with E-state index in [4.69, 9.17) is 11.6 Å². The Kier molecular flexibility index (Phi) is 6.14. The summed E-state index contributed by atoms with van der Waals surface area (Å²) >= 11 is 5.89. The fourth-order valence-electron chi connectivity index (χ4n) is 3.06. The fraction of sp³-hybridized carbons (Fsp3) is 0.316. The van der Waals surface area contributed by atoms with Crippen molar-refractivity contribution in [3.63, 3.8) is 0 Å². The number of carbonyl (C=O) groups is 1. The number of piperazine rings is 1. The molecule has 0 saturated carbocycles. The van der Waals surface area contributed by atoms with Crippen molar-refractivity contribution in [1.29, 1.82) is 0 Å². The van der Waals surface area contributed by atoms with E-state index in [1.807, 2.05) is 0 Å². The first kappa shape index (κ1) is 19.8. The number of aryl methyl sites for hydroxylation is 1. The van der Waals surface area contributed by atoms with Gasteiger partial charge in [-0.05, 0) is 36.2 Å². The van der Waals surface area contributed by atoms with Gasteiger partial charge >= 0.3 is 0 Å². The molecule has 0 bridgehead atoms. The Balaban J connectivity index is 1.57. The normalized spacial score (nSPS) is 15.7. The lowest BCUT2D eigenvalue weighted by Gasteiger charge is -2.34. The van der Waals surface area contributed by atoms with Gasteiger partial charge in [-0.2, -0.15) is 4.31 Å². The summed E-state index contributed by atoms with van der Waals surface area (Å²) in [7, 11) is -3.63. The molecule has 2 aromatic rings. The molecular weight excluding hydrogens is 391 g/mol. The van der Waals surface area contributed by atoms with E-state index < -0.39 is 10.0 Å². The molecule has 8 heteroatoms. The smallest absolute Gasteiger partial charge is 0.243 e. The molecule has 5 nitrogen and oxygen atoms in total. The number of halogens is 2. The van der Waals surface area contributed by atoms with Crippen LogP contribution in [0.5, 0.6) is 0 Å². The van der Waals surface area contributed by atoms with Crippen LogP contribution in [0, 0.1) is 5.82 Å². The molecule has 3 rings (SSSR count). The zero-order valence-electron chi connectivity index (χ0n) is 14.6. The zero-order chi connectivity index (χ0) is 19.4. The third-order valence-electron chi connectivity index (χ3n) is 4.59. The average Bonchev–Trinajstić information content (AvgIpc) is 2.67. The van der Waals surface area contributed by atoms with Crippen molar-refractivity contribution in [2.75, 3.05) is 26.2 Å². The van der Waals surface area contributed by atoms with Gasteiger partial charge < -0.3 is 4.90 Å². The molecular formula is C19H20ClFN2O3S. The third kappa shape index (κ3) is 4.66. The van der Waals surface area contributed by atoms with E-state index in [0.29, 0.717) is 30.1 Å². The number of carbonyl (C=O) groups excluding carboxylic acids is 1. The van der Waals surface area contributed by atoms with Gasteiger partial charge in [-0.15, -0.1) is 0 Å². The summed E-state index contributed by atoms with van der Waals surface area (Å²) < 4.78 is 40.4. The number of rotatable bonds is 5. The van der Waals surface area contributed by atoms with Crippen LogP contribution in [0.4, 0.5) is 4.39 Å². The van der Waals surface area contributed by atoms with E-state index in [1.165, 1.54) is 22.5 Å². The van der Waals surface area contributed by atoms with Gasteiger partial charge in [0.2, 0.25) is 15.9 Å². The molecule has 0 radical (unpaired) electrons. The maximum Gasteiger partial charge on any atom is 0.243 e. The monoisotopic (exact) mass is 410 g/mol. The van der Waals surface area contributed by atoms with Crippen LogP contribution in [-0.4, -0.2) is 49.7 Å². The largest absolute Gasteiger partial charge is 0.340 e. The fourth-order valence-corrected chi connectivity index (χ4v) is 4.78. The number of sulfonamides is 1. The highest BCUT2D eigenvalue weighted by molar-refractivity contribution is 7.89. The lowest BCUT2D eigenvalue weighted by Crippen LogP contribution is -2.50. The molecule has 27 heavy (non-hydrogen) atoms. The molecule has 1 aliphatic rings. The minimum absolute atomic E-state index is 0.0990. The Labute approximate surface area is 163 Å². The molecule has 2 aromatic carbocycles. The van der Waals surface area contributed by atoms with Crippen molar-refractivity contribution < 1.29 is 17.6 Å². The summed E-state index contributed by atoms with van der Waals surface area (Å²) in [5.74, 6) is -0.416. The van der Waals surface area contributed by atoms with Crippen molar-refractivity contribution in [2.24, 2.45) is 0 Å². The Morgan fingerprint density at radius 2 is 1.74 bits per heavy atom. The average molecular weight is 411 g/mol. The Morgan fingerprint density at radius 1 is 1.04 bits per heavy atom. The number of amides is 1. The molecule has 1 fully saturated rings. The van der Waals surface area contributed by atoms with Crippen LogP contribution in [0.3, 0.4) is 0 Å². The van der Waals surface area contributed by atoms with E-state index in [0.717, 1.165) is 0 Å². The number of hydrogen-bond donors (Lipinski definition) is 0. The van der Waals surface area contributed by atoms with Gasteiger partial charge in [-0.1, -0.05) is 35.9 Å². The predicted molar refractivity (Wildman–Crippen MR) is 102 cm³/mol. The molecule has 144 valence electrons. The first-order chi connectivity index (χ1) is 12.9. The van der Waals surface area contributed by atoms with Crippen LogP contribution < -0.4 is 0 Å². The highest BCUT2D eigenvalue weighted by Crippen LogP contribution is 2.21. The zero-order valence-corrected chi connectivity index (χ0v) is 16.2. The van der Waals surface area contributed by atoms with Gasteiger partial charge in [-0.25, -0.2) is 12.8 Å². The molecule has 0 aromatic heterocycles. The Morgan fingerprint density at radius 3 is 2.41 bits per heavy atom. The number of benzene rings is 2. The van der Waals surface area contributed by atoms with Crippen LogP contribution >= 0.6 is 11.6 Å². The first-order valence-electron chi connectivity index (χ1n) is 8.65. The highest BCUT2D eigenvalue weighted by atomic mass is 35.5. The highest BCUT2D eigenvalue weighted by Gasteiger charge is 2.30. The molecule has 1 amide bonds. The molecule has 0 N–H and O–H groups in total. The maximum absolute atomic E-state index is 13.6. The van der Waals surface area contributed by atoms with Gasteiger partial charge in [-0.3, -0.25) is 4.79 Å². The van der Waals surface area contributed by atoms with E-state index in [2.05, 4.69) is 0 Å². The first-order valence-corrected chi connectivity index (χ1v) is 10.5. The topological polar surface area (TPSA) is 57.7 Å². The second-order valence-electron chi connectivity index (χ2n) is 6.33. The standard InChI is InChI=1S/C19H20ClFN2O3S/c20-16-5-3-6-17(14-16)27(25,26)23-12-10-22(11-13-23)19(24)9-8-15-4-1-2-7-18(15)21/h1-7,14H,8-13H2. The van der Waals surface area contributed by atoms with Crippen LogP contribution in [0.15, 0.2) is 53.4 Å². The summed E-state index contributed by atoms with van der Waals surface area (Å²) in [6, 6.07) is 12.5. The van der Waals surface area contributed by atoms with Crippen molar-refractivity contribution in [2.45, 2.75) is 17.7 Å². The Hall–Kier alpha value is -1.96. The summed E-state index contributed by atoms with van der Waals surface area (Å²) in [6.07, 6.45) is 0.522. The molecule has 0 unspecified atom stereocenters. The van der Waals surface area contributed by atoms with Gasteiger partial charge in [0.1, 0.15) is 5.82 Å². The van der Waals surface area contributed by atoms with Gasteiger partial charge in [0.15, 0.2) is 0 Å². The molecule has 1 aliphatic heterocycles. The second kappa shape index (κ2) is 8.37. The molecule has 0 spiro atoms. The third-order valence-corrected chi connectivity index (χ3v) is 6.72. The molecule has 1 saturated heterocycles. The predicted octanol–water partition coefficient (Wildman–Crippen LogP) is 2.94. The molecule has 1 heterocycles. The number of nitrogens with zero attached hydrogens (tertiary/aromatic N) is 2. The van der Waals surface area contributed by atoms with Crippen molar-refractivity contribution in [1.82, 2.24) is 9.21 Å². The number of hydrogen-bond acceptors (Lipinski definition) is 3. The van der Waals surface area contributed by atoms with Gasteiger partial charge in [0.05, 0.1) is 4.90 Å². The quantitative estimate of drug-likeness (QED) is 0.761. The molecule has 0 aliphatic carbocycles. The Bertz CT molecular complexity index is 928. The summed E-state index contributed by atoms with van der Waals surface area (Å²) in [5.41, 5.74) is 0.507. The van der Waals surface area contributed by atoms with Crippen molar-refractivity contribution in [3.8, 4) is 0 Å². The second-order valence-corrected chi connectivity index (χ2v) is 8.71. The maximum atomic E-state index is 13.6. The summed E-state index contributed by atoms with van der Waals surface area (Å²) in [4.78, 5) is 14.1. The van der Waals surface area contributed by atoms with Gasteiger partial charge in [0, 0.05) is 37.6 Å². The summed E-state index contributed by atoms with van der Waals surface area (Å²) in [5, 5.41) is 0.359. The summed E-state index contributed by atoms with van der Waals surface area (Å²) in [6.45, 7) is 1.08. The molecule has 0 atom stereocenters. The van der Waals surface area contributed by atoms with E-state index in [-0.39, 0.29) is 36.1 Å². The van der Waals surface area contributed by atoms with E-state index >= 15 is 0 Å². The lowest BCUT2D eigenvalue weighted by atomic mass is 10.1. The van der Waals surface area contributed by atoms with E-state index in [9.17, 15) is 17.6 Å². The van der Waals surface area contributed by atoms with Crippen LogP contribution in [0.25, 0.3) is 0 Å². The van der Waals surface area contributed by atoms with E-state index in [1.54, 1.807) is 35.2 Å². The SMILES string of the molecule is O=C(CCc1ccccc1F)N1CCN(S(=O)(=O)c2cccc(Cl)c2)CC1. The minimum atomic E-state index is -3.63. The minimum Gasteiger partial charge on any atom is -0.340 e. The van der Waals surface area contributed by atoms with Crippen LogP contribution in [0.1, 0.15) is 12.0 Å². The van der Waals surface area contributed by atoms with Crippen LogP contribution in [0.2, 0.25) is 5.02 Å².